The van der Waals surface area contributed by atoms with E-state index in [0.29, 0.717) is 18.6 Å². The number of nitrogens with one attached hydrogen (secondary N) is 2. The number of hydrogen-bond donors (Lipinski definition) is 2. The van der Waals surface area contributed by atoms with Gasteiger partial charge in [-0.1, -0.05) is 35.9 Å². The fourth-order valence-electron chi connectivity index (χ4n) is 2.33. The molecule has 0 aliphatic carbocycles. The SMILES string of the molecule is Cc1ccc(OCCCC(=O)NCc2ccccc2NC(=O)C(F)(F)F)cc1. The zero-order valence-electron chi connectivity index (χ0n) is 15.3. The Bertz CT molecular complexity index is 805. The van der Waals surface area contributed by atoms with E-state index in [1.807, 2.05) is 36.5 Å². The van der Waals surface area contributed by atoms with Crippen LogP contribution in [0.2, 0.25) is 0 Å². The summed E-state index contributed by atoms with van der Waals surface area (Å²) in [6.45, 7) is 2.35. The van der Waals surface area contributed by atoms with Gasteiger partial charge in [0.25, 0.3) is 0 Å². The van der Waals surface area contributed by atoms with Gasteiger partial charge in [0.05, 0.1) is 6.61 Å². The first-order valence-electron chi connectivity index (χ1n) is 8.68. The van der Waals surface area contributed by atoms with Crippen molar-refractivity contribution >= 4 is 17.5 Å². The predicted octanol–water partition coefficient (Wildman–Crippen LogP) is 3.97. The number of benzene rings is 2. The summed E-state index contributed by atoms with van der Waals surface area (Å²) in [5.41, 5.74) is 1.51. The van der Waals surface area contributed by atoms with Crippen molar-refractivity contribution in [2.45, 2.75) is 32.5 Å². The molecule has 150 valence electrons. The van der Waals surface area contributed by atoms with Crippen LogP contribution in [0.15, 0.2) is 48.5 Å². The predicted molar refractivity (Wildman–Crippen MR) is 98.9 cm³/mol. The molecule has 28 heavy (non-hydrogen) atoms. The third-order valence-electron chi connectivity index (χ3n) is 3.84. The molecule has 0 aromatic heterocycles. The average molecular weight is 394 g/mol. The van der Waals surface area contributed by atoms with Gasteiger partial charge in [-0.15, -0.1) is 0 Å². The van der Waals surface area contributed by atoms with E-state index in [2.05, 4.69) is 5.32 Å². The molecule has 2 aromatic rings. The smallest absolute Gasteiger partial charge is 0.471 e. The summed E-state index contributed by atoms with van der Waals surface area (Å²) in [5, 5.41) is 4.44. The van der Waals surface area contributed by atoms with Gasteiger partial charge in [0, 0.05) is 18.7 Å². The molecule has 8 heteroatoms. The average Bonchev–Trinajstić information content (AvgIpc) is 2.65. The van der Waals surface area contributed by atoms with Crippen molar-refractivity contribution in [2.24, 2.45) is 0 Å². The summed E-state index contributed by atoms with van der Waals surface area (Å²) in [4.78, 5) is 23.0. The molecule has 5 nitrogen and oxygen atoms in total. The van der Waals surface area contributed by atoms with Gasteiger partial charge in [0.1, 0.15) is 5.75 Å². The molecule has 0 saturated carbocycles. The molecule has 0 bridgehead atoms. The summed E-state index contributed by atoms with van der Waals surface area (Å²) >= 11 is 0. The number of hydrogen-bond acceptors (Lipinski definition) is 3. The second kappa shape index (κ2) is 9.77. The Kier molecular flexibility index (Phi) is 7.43. The van der Waals surface area contributed by atoms with Gasteiger partial charge in [-0.3, -0.25) is 9.59 Å². The maximum absolute atomic E-state index is 12.4. The van der Waals surface area contributed by atoms with E-state index < -0.39 is 12.1 Å². The second-order valence-electron chi connectivity index (χ2n) is 6.15. The second-order valence-corrected chi connectivity index (χ2v) is 6.15. The van der Waals surface area contributed by atoms with Crippen molar-refractivity contribution < 1.29 is 27.5 Å². The van der Waals surface area contributed by atoms with Crippen LogP contribution in [0.25, 0.3) is 0 Å². The van der Waals surface area contributed by atoms with Crippen molar-refractivity contribution in [3.05, 3.63) is 59.7 Å². The highest BCUT2D eigenvalue weighted by atomic mass is 19.4. The molecule has 2 rings (SSSR count). The molecule has 0 radical (unpaired) electrons. The normalized spacial score (nSPS) is 11.0. The van der Waals surface area contributed by atoms with E-state index in [1.165, 1.54) is 18.2 Å². The van der Waals surface area contributed by atoms with Gasteiger partial charge in [-0.2, -0.15) is 13.2 Å². The van der Waals surface area contributed by atoms with Gasteiger partial charge < -0.3 is 15.4 Å². The monoisotopic (exact) mass is 394 g/mol. The number of amides is 2. The Morgan fingerprint density at radius 1 is 1.04 bits per heavy atom. The maximum atomic E-state index is 12.4. The maximum Gasteiger partial charge on any atom is 0.471 e. The lowest BCUT2D eigenvalue weighted by atomic mass is 10.1. The molecule has 0 aliphatic rings. The third-order valence-corrected chi connectivity index (χ3v) is 3.84. The van der Waals surface area contributed by atoms with Crippen molar-refractivity contribution in [1.82, 2.24) is 5.32 Å². The van der Waals surface area contributed by atoms with Gasteiger partial charge in [-0.25, -0.2) is 0 Å². The van der Waals surface area contributed by atoms with E-state index in [9.17, 15) is 22.8 Å². The first kappa shape index (κ1) is 21.3. The topological polar surface area (TPSA) is 67.4 Å². The molecule has 0 unspecified atom stereocenters. The Morgan fingerprint density at radius 3 is 2.39 bits per heavy atom. The quantitative estimate of drug-likeness (QED) is 0.666. The fourth-order valence-corrected chi connectivity index (χ4v) is 2.33. The van der Waals surface area contributed by atoms with Crippen molar-refractivity contribution in [1.29, 1.82) is 0 Å². The molecule has 0 saturated heterocycles. The molecular formula is C20H21F3N2O3. The summed E-state index contributed by atoms with van der Waals surface area (Å²) in [6.07, 6.45) is -4.27. The third kappa shape index (κ3) is 6.94. The largest absolute Gasteiger partial charge is 0.494 e. The van der Waals surface area contributed by atoms with Crippen LogP contribution in [-0.2, 0) is 16.1 Å². The highest BCUT2D eigenvalue weighted by molar-refractivity contribution is 5.95. The lowest BCUT2D eigenvalue weighted by Gasteiger charge is -2.13. The number of anilines is 1. The number of halogens is 3. The van der Waals surface area contributed by atoms with Crippen LogP contribution >= 0.6 is 0 Å². The summed E-state index contributed by atoms with van der Waals surface area (Å²) < 4.78 is 42.7. The lowest BCUT2D eigenvalue weighted by Crippen LogP contribution is -2.31. The van der Waals surface area contributed by atoms with E-state index >= 15 is 0 Å². The van der Waals surface area contributed by atoms with Crippen molar-refractivity contribution in [2.75, 3.05) is 11.9 Å². The number of ether oxygens (including phenoxy) is 1. The summed E-state index contributed by atoms with van der Waals surface area (Å²) in [5.74, 6) is -1.59. The Hall–Kier alpha value is -3.03. The lowest BCUT2D eigenvalue weighted by molar-refractivity contribution is -0.167. The number of carbonyl (C=O) groups excluding carboxylic acids is 2. The number of aryl methyl sites for hydroxylation is 1. The minimum atomic E-state index is -4.98. The molecule has 0 atom stereocenters. The minimum Gasteiger partial charge on any atom is -0.494 e. The van der Waals surface area contributed by atoms with Gasteiger partial charge in [0.2, 0.25) is 5.91 Å². The Balaban J connectivity index is 1.76. The van der Waals surface area contributed by atoms with E-state index in [-0.39, 0.29) is 24.6 Å². The first-order chi connectivity index (χ1) is 13.3. The Labute approximate surface area is 160 Å². The highest BCUT2D eigenvalue weighted by Crippen LogP contribution is 2.21. The zero-order valence-corrected chi connectivity index (χ0v) is 15.3. The molecular weight excluding hydrogens is 373 g/mol. The highest BCUT2D eigenvalue weighted by Gasteiger charge is 2.38. The van der Waals surface area contributed by atoms with Gasteiger partial charge >= 0.3 is 12.1 Å². The number of carbonyl (C=O) groups is 2. The molecule has 0 heterocycles. The minimum absolute atomic E-state index is 0.00592. The number of rotatable bonds is 8. The van der Waals surface area contributed by atoms with Crippen LogP contribution < -0.4 is 15.4 Å². The molecule has 2 N–H and O–H groups in total. The molecule has 0 fully saturated rings. The van der Waals surface area contributed by atoms with Gasteiger partial charge in [0.15, 0.2) is 0 Å². The van der Waals surface area contributed by atoms with Crippen molar-refractivity contribution in [3.63, 3.8) is 0 Å². The van der Waals surface area contributed by atoms with Crippen LogP contribution in [0.4, 0.5) is 18.9 Å². The molecule has 0 spiro atoms. The van der Waals surface area contributed by atoms with Crippen LogP contribution in [0.1, 0.15) is 24.0 Å². The first-order valence-corrected chi connectivity index (χ1v) is 8.68. The summed E-state index contributed by atoms with van der Waals surface area (Å²) in [6, 6.07) is 13.5. The van der Waals surface area contributed by atoms with E-state index in [1.54, 1.807) is 6.07 Å². The van der Waals surface area contributed by atoms with E-state index in [0.717, 1.165) is 11.3 Å². The number of alkyl halides is 3. The van der Waals surface area contributed by atoms with Gasteiger partial charge in [-0.05, 0) is 37.1 Å². The molecule has 0 aliphatic heterocycles. The fraction of sp³-hybridized carbons (Fsp3) is 0.300. The van der Waals surface area contributed by atoms with Crippen LogP contribution in [0.3, 0.4) is 0 Å². The van der Waals surface area contributed by atoms with E-state index in [4.69, 9.17) is 4.74 Å². The Morgan fingerprint density at radius 2 is 1.71 bits per heavy atom. The van der Waals surface area contributed by atoms with Crippen LogP contribution in [-0.4, -0.2) is 24.6 Å². The zero-order chi connectivity index (χ0) is 20.6. The number of para-hydroxylation sites is 1. The summed E-state index contributed by atoms with van der Waals surface area (Å²) in [7, 11) is 0. The van der Waals surface area contributed by atoms with Crippen LogP contribution in [0.5, 0.6) is 5.75 Å². The van der Waals surface area contributed by atoms with Crippen molar-refractivity contribution in [3.8, 4) is 5.75 Å². The standard InChI is InChI=1S/C20H21F3N2O3/c1-14-8-10-16(11-9-14)28-12-4-7-18(26)24-13-15-5-2-3-6-17(15)25-19(27)20(21,22)23/h2-3,5-6,8-11H,4,7,12-13H2,1H3,(H,24,26)(H,25,27). The molecule has 2 amide bonds. The van der Waals surface area contributed by atoms with Crippen LogP contribution in [0, 0.1) is 6.92 Å². The molecule has 2 aromatic carbocycles.